The van der Waals surface area contributed by atoms with Crippen LogP contribution < -0.4 is 0 Å². The Hall–Kier alpha value is -0.850. The summed E-state index contributed by atoms with van der Waals surface area (Å²) in [4.78, 5) is 0. The monoisotopic (exact) mass is 291 g/mol. The predicted molar refractivity (Wildman–Crippen MR) is 68.3 cm³/mol. The lowest BCUT2D eigenvalue weighted by atomic mass is 9.78. The third-order valence-electron chi connectivity index (χ3n) is 3.36. The maximum Gasteiger partial charge on any atom is 0.389 e. The number of rotatable bonds is 4. The van der Waals surface area contributed by atoms with Gasteiger partial charge in [-0.05, 0) is 31.6 Å². The van der Waals surface area contributed by atoms with Crippen LogP contribution in [0.2, 0.25) is 0 Å². The van der Waals surface area contributed by atoms with Crippen LogP contribution in [0.4, 0.5) is 13.2 Å². The first-order valence-electron chi connectivity index (χ1n) is 6.08. The fourth-order valence-corrected chi connectivity index (χ4v) is 3.37. The molecule has 1 aliphatic rings. The summed E-state index contributed by atoms with van der Waals surface area (Å²) in [6.07, 6.45) is 2.15. The third kappa shape index (κ3) is 5.34. The minimum Gasteiger partial charge on any atom is -0.378 e. The highest BCUT2D eigenvalue weighted by molar-refractivity contribution is 8.00. The molecular weight excluding hydrogens is 275 g/mol. The van der Waals surface area contributed by atoms with Gasteiger partial charge in [0.15, 0.2) is 0 Å². The molecule has 0 aromatic carbocycles. The van der Waals surface area contributed by atoms with Gasteiger partial charge in [0.05, 0.1) is 17.7 Å². The Morgan fingerprint density at radius 3 is 2.42 bits per heavy atom. The van der Waals surface area contributed by atoms with Gasteiger partial charge in [0.25, 0.3) is 0 Å². The van der Waals surface area contributed by atoms with Crippen molar-refractivity contribution in [3.05, 3.63) is 0 Å². The van der Waals surface area contributed by atoms with Gasteiger partial charge in [0, 0.05) is 5.75 Å². The molecule has 1 saturated carbocycles. The van der Waals surface area contributed by atoms with Crippen LogP contribution in [0.15, 0.2) is 0 Å². The molecule has 0 spiro atoms. The summed E-state index contributed by atoms with van der Waals surface area (Å²) in [5.41, 5.74) is -1.10. The molecule has 106 valence electrons. The number of nitriles is 1. The molecule has 1 unspecified atom stereocenters. The Bertz CT molecular complexity index is 375. The molecule has 0 aromatic heterocycles. The lowest BCUT2D eigenvalue weighted by Gasteiger charge is -2.33. The fourth-order valence-electron chi connectivity index (χ4n) is 2.15. The van der Waals surface area contributed by atoms with Crippen LogP contribution in [-0.2, 0) is 0 Å². The third-order valence-corrected chi connectivity index (χ3v) is 4.65. The average molecular weight is 291 g/mol. The quantitative estimate of drug-likeness (QED) is 0.809. The van der Waals surface area contributed by atoms with Gasteiger partial charge in [0.1, 0.15) is 5.60 Å². The molecule has 1 atom stereocenters. The van der Waals surface area contributed by atoms with E-state index in [1.165, 1.54) is 0 Å². The lowest BCUT2D eigenvalue weighted by molar-refractivity contribution is -0.129. The SMILES string of the molecule is C#CC1(O)CCC(C(C#N)SCCC(F)(F)F)CC1. The Morgan fingerprint density at radius 2 is 2.00 bits per heavy atom. The average Bonchev–Trinajstić information content (AvgIpc) is 2.35. The summed E-state index contributed by atoms with van der Waals surface area (Å²) in [7, 11) is 0. The molecule has 19 heavy (non-hydrogen) atoms. The zero-order chi connectivity index (χ0) is 14.5. The lowest BCUT2D eigenvalue weighted by Crippen LogP contribution is -2.35. The van der Waals surface area contributed by atoms with E-state index in [1.54, 1.807) is 0 Å². The van der Waals surface area contributed by atoms with Gasteiger partial charge in [-0.25, -0.2) is 0 Å². The first kappa shape index (κ1) is 16.2. The normalized spacial score (nSPS) is 29.3. The van der Waals surface area contributed by atoms with E-state index < -0.39 is 23.4 Å². The van der Waals surface area contributed by atoms with Gasteiger partial charge in [0.2, 0.25) is 0 Å². The summed E-state index contributed by atoms with van der Waals surface area (Å²) < 4.78 is 36.1. The largest absolute Gasteiger partial charge is 0.389 e. The Labute approximate surface area is 115 Å². The summed E-state index contributed by atoms with van der Waals surface area (Å²) in [5.74, 6) is 2.25. The Kier molecular flexibility index (Phi) is 5.58. The second kappa shape index (κ2) is 6.54. The minimum absolute atomic E-state index is 0.0110. The minimum atomic E-state index is -4.18. The number of hydrogen-bond acceptors (Lipinski definition) is 3. The molecular formula is C13H16F3NOS. The predicted octanol–water partition coefficient (Wildman–Crippen LogP) is 3.12. The Balaban J connectivity index is 2.42. The standard InChI is InChI=1S/C13H16F3NOS/c1-2-12(18)5-3-10(4-6-12)11(9-17)19-8-7-13(14,15)16/h1,10-11,18H,3-8H2. The first-order chi connectivity index (χ1) is 8.79. The van der Waals surface area contributed by atoms with Crippen molar-refractivity contribution in [2.24, 2.45) is 5.92 Å². The molecule has 1 N–H and O–H groups in total. The van der Waals surface area contributed by atoms with Crippen LogP contribution in [0.5, 0.6) is 0 Å². The highest BCUT2D eigenvalue weighted by Crippen LogP contribution is 2.37. The molecule has 0 amide bonds. The van der Waals surface area contributed by atoms with Crippen molar-refractivity contribution in [2.75, 3.05) is 5.75 Å². The van der Waals surface area contributed by atoms with Crippen molar-refractivity contribution in [1.29, 1.82) is 5.26 Å². The number of thioether (sulfide) groups is 1. The van der Waals surface area contributed by atoms with E-state index in [9.17, 15) is 18.3 Å². The van der Waals surface area contributed by atoms with Crippen LogP contribution in [0, 0.1) is 29.6 Å². The summed E-state index contributed by atoms with van der Waals surface area (Å²) in [5, 5.41) is 18.4. The second-order valence-corrected chi connectivity index (χ2v) is 6.05. The van der Waals surface area contributed by atoms with Crippen molar-refractivity contribution in [3.63, 3.8) is 0 Å². The van der Waals surface area contributed by atoms with Crippen molar-refractivity contribution < 1.29 is 18.3 Å². The van der Waals surface area contributed by atoms with E-state index in [1.807, 2.05) is 0 Å². The van der Waals surface area contributed by atoms with E-state index in [-0.39, 0.29) is 11.7 Å². The summed E-state index contributed by atoms with van der Waals surface area (Å²) in [6.45, 7) is 0. The topological polar surface area (TPSA) is 44.0 Å². The summed E-state index contributed by atoms with van der Waals surface area (Å²) >= 11 is 1.05. The highest BCUT2D eigenvalue weighted by Gasteiger charge is 2.35. The van der Waals surface area contributed by atoms with Gasteiger partial charge in [-0.2, -0.15) is 18.4 Å². The molecule has 0 heterocycles. The van der Waals surface area contributed by atoms with Crippen molar-refractivity contribution in [3.8, 4) is 18.4 Å². The van der Waals surface area contributed by atoms with E-state index >= 15 is 0 Å². The molecule has 0 radical (unpaired) electrons. The fraction of sp³-hybridized carbons (Fsp3) is 0.769. The molecule has 2 nitrogen and oxygen atoms in total. The zero-order valence-corrected chi connectivity index (χ0v) is 11.2. The number of aliphatic hydroxyl groups is 1. The highest BCUT2D eigenvalue weighted by atomic mass is 32.2. The smallest absolute Gasteiger partial charge is 0.378 e. The number of halogens is 3. The van der Waals surface area contributed by atoms with E-state index in [2.05, 4.69) is 12.0 Å². The number of nitrogens with zero attached hydrogens (tertiary/aromatic N) is 1. The Morgan fingerprint density at radius 1 is 1.42 bits per heavy atom. The van der Waals surface area contributed by atoms with E-state index in [4.69, 9.17) is 11.7 Å². The van der Waals surface area contributed by atoms with Crippen LogP contribution in [0.1, 0.15) is 32.1 Å². The maximum atomic E-state index is 12.0. The van der Waals surface area contributed by atoms with Gasteiger partial charge >= 0.3 is 6.18 Å². The van der Waals surface area contributed by atoms with E-state index in [0.717, 1.165) is 11.8 Å². The molecule has 1 fully saturated rings. The van der Waals surface area contributed by atoms with Gasteiger partial charge in [-0.1, -0.05) is 5.92 Å². The molecule has 1 aliphatic carbocycles. The van der Waals surface area contributed by atoms with Gasteiger partial charge < -0.3 is 5.11 Å². The van der Waals surface area contributed by atoms with Crippen LogP contribution in [0.25, 0.3) is 0 Å². The second-order valence-electron chi connectivity index (χ2n) is 4.80. The van der Waals surface area contributed by atoms with Crippen LogP contribution >= 0.6 is 11.8 Å². The maximum absolute atomic E-state index is 12.0. The number of terminal acetylenes is 1. The molecule has 6 heteroatoms. The molecule has 0 aliphatic heterocycles. The number of alkyl halides is 3. The van der Waals surface area contributed by atoms with Crippen LogP contribution in [-0.4, -0.2) is 27.9 Å². The van der Waals surface area contributed by atoms with Crippen molar-refractivity contribution in [1.82, 2.24) is 0 Å². The molecule has 0 saturated heterocycles. The first-order valence-corrected chi connectivity index (χ1v) is 7.13. The molecule has 0 bridgehead atoms. The van der Waals surface area contributed by atoms with Gasteiger partial charge in [-0.3, -0.25) is 0 Å². The number of hydrogen-bond donors (Lipinski definition) is 1. The van der Waals surface area contributed by atoms with Crippen molar-refractivity contribution >= 4 is 11.8 Å². The van der Waals surface area contributed by atoms with Gasteiger partial charge in [-0.15, -0.1) is 18.2 Å². The molecule has 0 aromatic rings. The van der Waals surface area contributed by atoms with Crippen LogP contribution in [0.3, 0.4) is 0 Å². The van der Waals surface area contributed by atoms with Crippen molar-refractivity contribution in [2.45, 2.75) is 49.1 Å². The summed E-state index contributed by atoms with van der Waals surface area (Å²) in [6, 6.07) is 2.07. The molecule has 1 rings (SSSR count). The zero-order valence-electron chi connectivity index (χ0n) is 10.4. The van der Waals surface area contributed by atoms with E-state index in [0.29, 0.717) is 25.7 Å².